The molecule has 5 heteroatoms. The fourth-order valence-electron chi connectivity index (χ4n) is 2.26. The molecule has 0 aliphatic rings. The Balaban J connectivity index is 1.78. The topological polar surface area (TPSA) is 32.3 Å². The Kier molecular flexibility index (Phi) is 5.56. The molecule has 0 aromatic heterocycles. The first-order valence-electron chi connectivity index (χ1n) is 7.36. The lowest BCUT2D eigenvalue weighted by atomic mass is 10.2. The normalized spacial score (nSPS) is 10.6. The van der Waals surface area contributed by atoms with Gasteiger partial charge >= 0.3 is 0 Å². The zero-order chi connectivity index (χ0) is 16.9. The van der Waals surface area contributed by atoms with E-state index in [4.69, 9.17) is 23.2 Å². The van der Waals surface area contributed by atoms with Crippen molar-refractivity contribution in [3.63, 3.8) is 0 Å². The van der Waals surface area contributed by atoms with Gasteiger partial charge in [0.15, 0.2) is 5.75 Å². The lowest BCUT2D eigenvalue weighted by Crippen LogP contribution is -2.01. The highest BCUT2D eigenvalue weighted by Gasteiger charge is 2.08. The molecule has 2 N–H and O–H groups in total. The Hall–Kier alpha value is -1.81. The van der Waals surface area contributed by atoms with Crippen LogP contribution in [-0.4, -0.2) is 5.11 Å². The minimum atomic E-state index is 0.0687. The predicted molar refractivity (Wildman–Crippen MR) is 102 cm³/mol. The fourth-order valence-corrected chi connectivity index (χ4v) is 3.69. The number of anilines is 1. The average molecular weight is 376 g/mol. The van der Waals surface area contributed by atoms with Gasteiger partial charge in [-0.3, -0.25) is 0 Å². The number of nitrogens with one attached hydrogen (secondary N) is 1. The molecular weight excluding hydrogens is 361 g/mol. The first-order chi connectivity index (χ1) is 11.6. The highest BCUT2D eigenvalue weighted by molar-refractivity contribution is 7.99. The Morgan fingerprint density at radius 2 is 1.71 bits per heavy atom. The number of rotatable bonds is 5. The molecule has 0 radical (unpaired) electrons. The largest absolute Gasteiger partial charge is 0.504 e. The summed E-state index contributed by atoms with van der Waals surface area (Å²) in [4.78, 5) is 2.22. The van der Waals surface area contributed by atoms with Crippen LogP contribution in [0.1, 0.15) is 5.56 Å². The maximum Gasteiger partial charge on any atom is 0.157 e. The maximum atomic E-state index is 10.00. The summed E-state index contributed by atoms with van der Waals surface area (Å²) in [6.07, 6.45) is 0. The molecule has 24 heavy (non-hydrogen) atoms. The van der Waals surface area contributed by atoms with Crippen molar-refractivity contribution in [1.29, 1.82) is 0 Å². The zero-order valence-electron chi connectivity index (χ0n) is 12.7. The smallest absolute Gasteiger partial charge is 0.157 e. The molecule has 0 saturated carbocycles. The van der Waals surface area contributed by atoms with Crippen LogP contribution >= 0.6 is 35.0 Å². The Morgan fingerprint density at radius 1 is 0.917 bits per heavy atom. The van der Waals surface area contributed by atoms with E-state index in [1.54, 1.807) is 30.0 Å². The van der Waals surface area contributed by atoms with E-state index in [1.807, 2.05) is 36.4 Å². The molecule has 3 rings (SSSR count). The Morgan fingerprint density at radius 3 is 2.54 bits per heavy atom. The van der Waals surface area contributed by atoms with Crippen molar-refractivity contribution in [3.05, 3.63) is 82.3 Å². The minimum absolute atomic E-state index is 0.0687. The summed E-state index contributed by atoms with van der Waals surface area (Å²) in [5, 5.41) is 14.3. The third-order valence-corrected chi connectivity index (χ3v) is 5.10. The Labute approximate surface area is 155 Å². The molecule has 0 amide bonds. The van der Waals surface area contributed by atoms with Gasteiger partial charge in [0.05, 0.1) is 10.7 Å². The van der Waals surface area contributed by atoms with Gasteiger partial charge in [-0.25, -0.2) is 0 Å². The predicted octanol–water partition coefficient (Wildman–Crippen LogP) is 6.46. The van der Waals surface area contributed by atoms with E-state index in [2.05, 4.69) is 17.4 Å². The van der Waals surface area contributed by atoms with Gasteiger partial charge in [0, 0.05) is 21.4 Å². The summed E-state index contributed by atoms with van der Waals surface area (Å²) in [5.41, 5.74) is 1.74. The van der Waals surface area contributed by atoms with E-state index in [1.165, 1.54) is 0 Å². The monoisotopic (exact) mass is 375 g/mol. The van der Waals surface area contributed by atoms with Gasteiger partial charge in [-0.15, -0.1) is 0 Å². The molecule has 0 saturated heterocycles. The second kappa shape index (κ2) is 7.84. The van der Waals surface area contributed by atoms with Crippen LogP contribution in [0.3, 0.4) is 0 Å². The van der Waals surface area contributed by atoms with E-state index in [0.29, 0.717) is 17.3 Å². The summed E-state index contributed by atoms with van der Waals surface area (Å²) in [6, 6.07) is 21.2. The second-order valence-electron chi connectivity index (χ2n) is 5.16. The maximum absolute atomic E-state index is 10.00. The lowest BCUT2D eigenvalue weighted by Gasteiger charge is -2.13. The van der Waals surface area contributed by atoms with Crippen molar-refractivity contribution in [3.8, 4) is 5.75 Å². The quantitative estimate of drug-likeness (QED) is 0.501. The third kappa shape index (κ3) is 4.18. The van der Waals surface area contributed by atoms with Crippen LogP contribution in [0.25, 0.3) is 0 Å². The van der Waals surface area contributed by atoms with Gasteiger partial charge in [0.25, 0.3) is 0 Å². The number of hydrogen-bond donors (Lipinski definition) is 2. The Bertz CT molecular complexity index is 854. The number of phenolic OH excluding ortho intramolecular Hbond substituents is 1. The fraction of sp³-hybridized carbons (Fsp3) is 0.0526. The van der Waals surface area contributed by atoms with Crippen molar-refractivity contribution in [2.75, 3.05) is 5.32 Å². The second-order valence-corrected chi connectivity index (χ2v) is 7.12. The zero-order valence-corrected chi connectivity index (χ0v) is 15.0. The van der Waals surface area contributed by atoms with Crippen LogP contribution in [0.15, 0.2) is 76.5 Å². The van der Waals surface area contributed by atoms with Crippen molar-refractivity contribution in [2.24, 2.45) is 0 Å². The number of hydrogen-bond acceptors (Lipinski definition) is 3. The van der Waals surface area contributed by atoms with Crippen molar-refractivity contribution in [1.82, 2.24) is 0 Å². The molecule has 0 aliphatic carbocycles. The lowest BCUT2D eigenvalue weighted by molar-refractivity contribution is 0.477. The van der Waals surface area contributed by atoms with Gasteiger partial charge in [0.1, 0.15) is 0 Å². The summed E-state index contributed by atoms with van der Waals surface area (Å²) in [6.45, 7) is 0.581. The van der Waals surface area contributed by atoms with Crippen LogP contribution in [0.4, 0.5) is 5.69 Å². The molecule has 0 unspecified atom stereocenters. The van der Waals surface area contributed by atoms with Crippen LogP contribution in [0.5, 0.6) is 5.75 Å². The van der Waals surface area contributed by atoms with Crippen LogP contribution in [0, 0.1) is 0 Å². The molecular formula is C19H15Cl2NOS. The van der Waals surface area contributed by atoms with E-state index >= 15 is 0 Å². The summed E-state index contributed by atoms with van der Waals surface area (Å²) in [5.74, 6) is 0.0687. The molecule has 3 aromatic carbocycles. The SMILES string of the molecule is Oc1c(Cl)cccc1NCc1ccccc1Sc1cccc(Cl)c1. The molecule has 0 bridgehead atoms. The van der Waals surface area contributed by atoms with Gasteiger partial charge < -0.3 is 10.4 Å². The summed E-state index contributed by atoms with van der Waals surface area (Å²) in [7, 11) is 0. The first-order valence-corrected chi connectivity index (χ1v) is 8.93. The molecule has 0 heterocycles. The van der Waals surface area contributed by atoms with Crippen molar-refractivity contribution >= 4 is 40.7 Å². The molecule has 122 valence electrons. The first kappa shape index (κ1) is 17.0. The average Bonchev–Trinajstić information content (AvgIpc) is 2.57. The van der Waals surface area contributed by atoms with Gasteiger partial charge in [0.2, 0.25) is 0 Å². The standard InChI is InChI=1S/C19H15Cl2NOS/c20-14-6-3-7-15(11-14)24-18-10-2-1-5-13(18)12-22-17-9-4-8-16(21)19(17)23/h1-11,22-23H,12H2. The van der Waals surface area contributed by atoms with E-state index < -0.39 is 0 Å². The molecule has 0 aliphatic heterocycles. The number of phenols is 1. The number of benzene rings is 3. The van der Waals surface area contributed by atoms with Crippen LogP contribution in [-0.2, 0) is 6.54 Å². The van der Waals surface area contributed by atoms with Crippen molar-refractivity contribution < 1.29 is 5.11 Å². The minimum Gasteiger partial charge on any atom is -0.504 e. The number of aromatic hydroxyl groups is 1. The molecule has 0 atom stereocenters. The van der Waals surface area contributed by atoms with E-state index in [0.717, 1.165) is 20.4 Å². The molecule has 0 spiro atoms. The van der Waals surface area contributed by atoms with Crippen molar-refractivity contribution in [2.45, 2.75) is 16.3 Å². The van der Waals surface area contributed by atoms with Crippen LogP contribution in [0.2, 0.25) is 10.0 Å². The summed E-state index contributed by atoms with van der Waals surface area (Å²) >= 11 is 13.7. The van der Waals surface area contributed by atoms with E-state index in [-0.39, 0.29) is 5.75 Å². The van der Waals surface area contributed by atoms with Crippen LogP contribution < -0.4 is 5.32 Å². The molecule has 3 aromatic rings. The highest BCUT2D eigenvalue weighted by atomic mass is 35.5. The van der Waals surface area contributed by atoms with Gasteiger partial charge in [-0.1, -0.05) is 65.3 Å². The third-order valence-electron chi connectivity index (χ3n) is 3.45. The number of halogens is 2. The highest BCUT2D eigenvalue weighted by Crippen LogP contribution is 2.34. The van der Waals surface area contributed by atoms with Gasteiger partial charge in [-0.2, -0.15) is 0 Å². The van der Waals surface area contributed by atoms with E-state index in [9.17, 15) is 5.11 Å². The molecule has 0 fully saturated rings. The van der Waals surface area contributed by atoms with Gasteiger partial charge in [-0.05, 0) is 42.0 Å². The summed E-state index contributed by atoms with van der Waals surface area (Å²) < 4.78 is 0. The molecule has 2 nitrogen and oxygen atoms in total. The number of para-hydroxylation sites is 1.